The van der Waals surface area contributed by atoms with Crippen LogP contribution >= 0.6 is 37.2 Å². The van der Waals surface area contributed by atoms with Gasteiger partial charge >= 0.3 is 0 Å². The van der Waals surface area contributed by atoms with E-state index in [0.29, 0.717) is 6.04 Å². The normalized spacial score (nSPS) is 10.6. The molecule has 1 aromatic carbocycles. The molecule has 1 aromatic rings. The van der Waals surface area contributed by atoms with Crippen molar-refractivity contribution in [3.8, 4) is 0 Å². The van der Waals surface area contributed by atoms with Gasteiger partial charge in [-0.2, -0.15) is 0 Å². The number of hydrogen-bond acceptors (Lipinski definition) is 3. The summed E-state index contributed by atoms with van der Waals surface area (Å²) in [6.07, 6.45) is 0. The average Bonchev–Trinajstić information content (AvgIpc) is 2.16. The van der Waals surface area contributed by atoms with Crippen LogP contribution in [0.5, 0.6) is 0 Å². The van der Waals surface area contributed by atoms with Gasteiger partial charge in [-0.25, -0.2) is 0 Å². The minimum absolute atomic E-state index is 0. The summed E-state index contributed by atoms with van der Waals surface area (Å²) in [6.45, 7) is 3.13. The van der Waals surface area contributed by atoms with E-state index in [9.17, 15) is 0 Å². The van der Waals surface area contributed by atoms with E-state index in [1.54, 1.807) is 0 Å². The van der Waals surface area contributed by atoms with Gasteiger partial charge in [-0.1, -0.05) is 0 Å². The predicted octanol–water partition coefficient (Wildman–Crippen LogP) is 2.90. The van der Waals surface area contributed by atoms with Crippen molar-refractivity contribution in [3.05, 3.63) is 24.3 Å². The Balaban J connectivity index is -0.000000653. The smallest absolute Gasteiger partial charge is 0.0342 e. The SMILES string of the molecule is CC(CNc1ccc(N)cc1)N(C)C.Cl.Cl.Cl. The topological polar surface area (TPSA) is 41.3 Å². The van der Waals surface area contributed by atoms with Gasteiger partial charge < -0.3 is 16.0 Å². The molecule has 0 saturated heterocycles. The Kier molecular flexibility index (Phi) is 13.9. The van der Waals surface area contributed by atoms with Crippen molar-refractivity contribution in [2.75, 3.05) is 31.7 Å². The Morgan fingerprint density at radius 1 is 1.12 bits per heavy atom. The largest absolute Gasteiger partial charge is 0.399 e. The summed E-state index contributed by atoms with van der Waals surface area (Å²) in [4.78, 5) is 2.18. The first-order valence-electron chi connectivity index (χ1n) is 4.85. The highest BCUT2D eigenvalue weighted by molar-refractivity contribution is 5.86. The molecule has 3 N–H and O–H groups in total. The van der Waals surface area contributed by atoms with Gasteiger partial charge in [0.25, 0.3) is 0 Å². The number of nitrogens with zero attached hydrogens (tertiary/aromatic N) is 1. The Bertz CT molecular complexity index is 278. The number of likely N-dealkylation sites (N-methyl/N-ethyl adjacent to an activating group) is 1. The highest BCUT2D eigenvalue weighted by Gasteiger charge is 2.02. The molecule has 1 atom stereocenters. The van der Waals surface area contributed by atoms with Gasteiger partial charge in [0.2, 0.25) is 0 Å². The first kappa shape index (κ1) is 21.9. The molecule has 0 saturated carbocycles. The summed E-state index contributed by atoms with van der Waals surface area (Å²) in [7, 11) is 4.16. The molecule has 0 fully saturated rings. The molecule has 17 heavy (non-hydrogen) atoms. The lowest BCUT2D eigenvalue weighted by Gasteiger charge is -2.20. The van der Waals surface area contributed by atoms with Gasteiger partial charge in [0.15, 0.2) is 0 Å². The summed E-state index contributed by atoms with van der Waals surface area (Å²) >= 11 is 0. The Labute approximate surface area is 122 Å². The van der Waals surface area contributed by atoms with Gasteiger partial charge in [0, 0.05) is 24.0 Å². The predicted molar refractivity (Wildman–Crippen MR) is 84.2 cm³/mol. The van der Waals surface area contributed by atoms with Crippen molar-refractivity contribution in [2.24, 2.45) is 0 Å². The molecule has 0 aliphatic carbocycles. The third-order valence-corrected chi connectivity index (χ3v) is 2.39. The molecule has 0 spiro atoms. The fourth-order valence-electron chi connectivity index (χ4n) is 1.05. The van der Waals surface area contributed by atoms with Gasteiger partial charge in [-0.15, -0.1) is 37.2 Å². The molecular formula is C11H22Cl3N3. The van der Waals surface area contributed by atoms with Crippen LogP contribution in [0.1, 0.15) is 6.92 Å². The highest BCUT2D eigenvalue weighted by Crippen LogP contribution is 2.10. The number of benzene rings is 1. The number of hydrogen-bond donors (Lipinski definition) is 2. The number of nitrogens with one attached hydrogen (secondary N) is 1. The quantitative estimate of drug-likeness (QED) is 0.840. The van der Waals surface area contributed by atoms with Gasteiger partial charge in [-0.3, -0.25) is 0 Å². The zero-order chi connectivity index (χ0) is 10.6. The average molecular weight is 303 g/mol. The van der Waals surface area contributed by atoms with Crippen LogP contribution in [0.25, 0.3) is 0 Å². The molecule has 102 valence electrons. The van der Waals surface area contributed by atoms with Crippen molar-refractivity contribution in [1.82, 2.24) is 4.90 Å². The molecule has 0 amide bonds. The molecular weight excluding hydrogens is 281 g/mol. The third kappa shape index (κ3) is 8.38. The van der Waals surface area contributed by atoms with Crippen molar-refractivity contribution < 1.29 is 0 Å². The van der Waals surface area contributed by atoms with Crippen LogP contribution in [0.15, 0.2) is 24.3 Å². The van der Waals surface area contributed by atoms with Crippen molar-refractivity contribution in [1.29, 1.82) is 0 Å². The number of rotatable bonds is 4. The van der Waals surface area contributed by atoms with E-state index in [1.165, 1.54) is 0 Å². The van der Waals surface area contributed by atoms with E-state index < -0.39 is 0 Å². The Morgan fingerprint density at radius 2 is 1.59 bits per heavy atom. The van der Waals surface area contributed by atoms with Gasteiger partial charge in [0.05, 0.1) is 0 Å². The van der Waals surface area contributed by atoms with Crippen molar-refractivity contribution in [3.63, 3.8) is 0 Å². The van der Waals surface area contributed by atoms with Crippen molar-refractivity contribution in [2.45, 2.75) is 13.0 Å². The van der Waals surface area contributed by atoms with Crippen LogP contribution in [0.4, 0.5) is 11.4 Å². The lowest BCUT2D eigenvalue weighted by molar-refractivity contribution is 0.326. The van der Waals surface area contributed by atoms with Crippen LogP contribution in [0.3, 0.4) is 0 Å². The summed E-state index contributed by atoms with van der Waals surface area (Å²) in [5.41, 5.74) is 7.52. The third-order valence-electron chi connectivity index (χ3n) is 2.39. The lowest BCUT2D eigenvalue weighted by Crippen LogP contribution is -2.31. The molecule has 3 nitrogen and oxygen atoms in total. The molecule has 0 heterocycles. The van der Waals surface area contributed by atoms with Crippen LogP contribution in [-0.2, 0) is 0 Å². The summed E-state index contributed by atoms with van der Waals surface area (Å²) in [5, 5.41) is 3.36. The maximum absolute atomic E-state index is 5.59. The lowest BCUT2D eigenvalue weighted by atomic mass is 10.2. The van der Waals surface area contributed by atoms with Crippen molar-refractivity contribution >= 4 is 48.6 Å². The first-order valence-corrected chi connectivity index (χ1v) is 4.85. The van der Waals surface area contributed by atoms with E-state index in [-0.39, 0.29) is 37.2 Å². The van der Waals surface area contributed by atoms with E-state index >= 15 is 0 Å². The van der Waals surface area contributed by atoms with Crippen LogP contribution in [-0.4, -0.2) is 31.6 Å². The molecule has 1 unspecified atom stereocenters. The van der Waals surface area contributed by atoms with E-state index in [0.717, 1.165) is 17.9 Å². The molecule has 0 bridgehead atoms. The van der Waals surface area contributed by atoms with Crippen LogP contribution < -0.4 is 11.1 Å². The zero-order valence-corrected chi connectivity index (χ0v) is 12.8. The van der Waals surface area contributed by atoms with E-state index in [2.05, 4.69) is 31.2 Å². The number of nitrogen functional groups attached to an aromatic ring is 1. The molecule has 0 aliphatic rings. The van der Waals surface area contributed by atoms with Gasteiger partial charge in [0.1, 0.15) is 0 Å². The van der Waals surface area contributed by atoms with E-state index in [4.69, 9.17) is 5.73 Å². The maximum Gasteiger partial charge on any atom is 0.0342 e. The molecule has 6 heteroatoms. The van der Waals surface area contributed by atoms with Crippen LogP contribution in [0.2, 0.25) is 0 Å². The summed E-state index contributed by atoms with van der Waals surface area (Å²) in [5.74, 6) is 0. The Hall–Kier alpha value is -0.350. The molecule has 0 aliphatic heterocycles. The highest BCUT2D eigenvalue weighted by atomic mass is 35.5. The number of nitrogens with two attached hydrogens (primary N) is 1. The Morgan fingerprint density at radius 3 is 2.00 bits per heavy atom. The fourth-order valence-corrected chi connectivity index (χ4v) is 1.05. The monoisotopic (exact) mass is 301 g/mol. The molecule has 0 radical (unpaired) electrons. The fraction of sp³-hybridized carbons (Fsp3) is 0.455. The second-order valence-corrected chi connectivity index (χ2v) is 3.82. The number of anilines is 2. The minimum Gasteiger partial charge on any atom is -0.399 e. The first-order chi connectivity index (χ1) is 6.59. The van der Waals surface area contributed by atoms with Gasteiger partial charge in [-0.05, 0) is 45.3 Å². The maximum atomic E-state index is 5.59. The van der Waals surface area contributed by atoms with Crippen LogP contribution in [0, 0.1) is 0 Å². The summed E-state index contributed by atoms with van der Waals surface area (Å²) in [6, 6.07) is 8.33. The second kappa shape index (κ2) is 10.8. The molecule has 1 rings (SSSR count). The standard InChI is InChI=1S/C11H19N3.3ClH/c1-9(14(2)3)8-13-11-6-4-10(12)5-7-11;;;/h4-7,9,13H,8,12H2,1-3H3;3*1H. The van der Waals surface area contributed by atoms with E-state index in [1.807, 2.05) is 24.3 Å². The second-order valence-electron chi connectivity index (χ2n) is 3.82. The number of halogens is 3. The molecule has 0 aromatic heterocycles. The zero-order valence-electron chi connectivity index (χ0n) is 10.3. The summed E-state index contributed by atoms with van der Waals surface area (Å²) < 4.78 is 0. The minimum atomic E-state index is 0.